The number of hydrogen-bond acceptors (Lipinski definition) is 5. The molecule has 106 valence electrons. The van der Waals surface area contributed by atoms with Crippen LogP contribution in [0.2, 0.25) is 0 Å². The molecule has 1 unspecified atom stereocenters. The Morgan fingerprint density at radius 1 is 1.47 bits per heavy atom. The summed E-state index contributed by atoms with van der Waals surface area (Å²) >= 11 is 0. The summed E-state index contributed by atoms with van der Waals surface area (Å²) in [6, 6.07) is -0.00260. The van der Waals surface area contributed by atoms with Gasteiger partial charge in [-0.1, -0.05) is 6.92 Å². The summed E-state index contributed by atoms with van der Waals surface area (Å²) in [4.78, 5) is 22.0. The van der Waals surface area contributed by atoms with Gasteiger partial charge in [0, 0.05) is 20.7 Å². The number of carbonyl (C=O) groups excluding carboxylic acids is 1. The molecule has 0 saturated carbocycles. The second-order valence-corrected chi connectivity index (χ2v) is 4.43. The van der Waals surface area contributed by atoms with Crippen molar-refractivity contribution in [2.45, 2.75) is 26.3 Å². The molecule has 0 spiro atoms. The SMILES string of the molecule is CCCNc1cnc(C(=O)N(C)C(C)COC)cn1. The Hall–Kier alpha value is -1.69. The van der Waals surface area contributed by atoms with E-state index in [0.717, 1.165) is 13.0 Å². The number of likely N-dealkylation sites (N-methyl/N-ethyl adjacent to an activating group) is 1. The molecule has 0 aliphatic rings. The highest BCUT2D eigenvalue weighted by Gasteiger charge is 2.18. The monoisotopic (exact) mass is 266 g/mol. The minimum absolute atomic E-state index is 0.00260. The van der Waals surface area contributed by atoms with Crippen molar-refractivity contribution < 1.29 is 9.53 Å². The smallest absolute Gasteiger partial charge is 0.274 e. The minimum Gasteiger partial charge on any atom is -0.383 e. The third-order valence-electron chi connectivity index (χ3n) is 2.82. The first-order chi connectivity index (χ1) is 9.10. The highest BCUT2D eigenvalue weighted by molar-refractivity contribution is 5.92. The van der Waals surface area contributed by atoms with E-state index < -0.39 is 0 Å². The molecular weight excluding hydrogens is 244 g/mol. The van der Waals surface area contributed by atoms with Gasteiger partial charge in [0.05, 0.1) is 25.0 Å². The van der Waals surface area contributed by atoms with E-state index >= 15 is 0 Å². The summed E-state index contributed by atoms with van der Waals surface area (Å²) in [6.07, 6.45) is 4.09. The zero-order valence-electron chi connectivity index (χ0n) is 12.0. The molecule has 0 fully saturated rings. The number of rotatable bonds is 7. The normalized spacial score (nSPS) is 12.0. The van der Waals surface area contributed by atoms with Crippen LogP contribution in [0, 0.1) is 0 Å². The number of carbonyl (C=O) groups is 1. The maximum Gasteiger partial charge on any atom is 0.274 e. The highest BCUT2D eigenvalue weighted by atomic mass is 16.5. The average molecular weight is 266 g/mol. The standard InChI is InChI=1S/C13H22N4O2/c1-5-6-14-12-8-15-11(7-16-12)13(18)17(3)10(2)9-19-4/h7-8,10H,5-6,9H2,1-4H3,(H,14,16). The first kappa shape index (κ1) is 15.4. The molecule has 1 N–H and O–H groups in total. The molecule has 1 aromatic rings. The Bertz CT molecular complexity index is 394. The van der Waals surface area contributed by atoms with Crippen LogP contribution in [-0.4, -0.2) is 54.1 Å². The zero-order chi connectivity index (χ0) is 14.3. The van der Waals surface area contributed by atoms with Gasteiger partial charge in [-0.15, -0.1) is 0 Å². The molecule has 0 aliphatic heterocycles. The van der Waals surface area contributed by atoms with Gasteiger partial charge in [0.2, 0.25) is 0 Å². The van der Waals surface area contributed by atoms with Gasteiger partial charge in [-0.25, -0.2) is 9.97 Å². The molecule has 6 nitrogen and oxygen atoms in total. The summed E-state index contributed by atoms with van der Waals surface area (Å²) in [6.45, 7) is 5.33. The van der Waals surface area contributed by atoms with Gasteiger partial charge in [-0.3, -0.25) is 4.79 Å². The van der Waals surface area contributed by atoms with Crippen molar-refractivity contribution >= 4 is 11.7 Å². The zero-order valence-corrected chi connectivity index (χ0v) is 12.0. The molecule has 1 amide bonds. The van der Waals surface area contributed by atoms with Crippen LogP contribution in [0.4, 0.5) is 5.82 Å². The van der Waals surface area contributed by atoms with Crippen LogP contribution in [0.15, 0.2) is 12.4 Å². The third-order valence-corrected chi connectivity index (χ3v) is 2.82. The van der Waals surface area contributed by atoms with Crippen LogP contribution in [0.25, 0.3) is 0 Å². The Morgan fingerprint density at radius 3 is 2.74 bits per heavy atom. The number of aromatic nitrogens is 2. The van der Waals surface area contributed by atoms with E-state index in [1.165, 1.54) is 6.20 Å². The molecule has 1 atom stereocenters. The average Bonchev–Trinajstić information content (AvgIpc) is 2.44. The van der Waals surface area contributed by atoms with Crippen LogP contribution in [-0.2, 0) is 4.74 Å². The van der Waals surface area contributed by atoms with E-state index in [0.29, 0.717) is 18.1 Å². The lowest BCUT2D eigenvalue weighted by Gasteiger charge is -2.23. The minimum atomic E-state index is -0.154. The Morgan fingerprint density at radius 2 is 2.21 bits per heavy atom. The van der Waals surface area contributed by atoms with Gasteiger partial charge >= 0.3 is 0 Å². The maximum atomic E-state index is 12.1. The molecule has 1 heterocycles. The maximum absolute atomic E-state index is 12.1. The third kappa shape index (κ3) is 4.48. The quantitative estimate of drug-likeness (QED) is 0.808. The molecule has 0 aliphatic carbocycles. The van der Waals surface area contributed by atoms with Crippen molar-refractivity contribution in [1.82, 2.24) is 14.9 Å². The molecule has 0 radical (unpaired) electrons. The van der Waals surface area contributed by atoms with Gasteiger partial charge in [-0.2, -0.15) is 0 Å². The van der Waals surface area contributed by atoms with Gasteiger partial charge < -0.3 is 15.0 Å². The molecule has 1 aromatic heterocycles. The number of nitrogens with one attached hydrogen (secondary N) is 1. The van der Waals surface area contributed by atoms with Gasteiger partial charge in [0.15, 0.2) is 0 Å². The van der Waals surface area contributed by atoms with Crippen LogP contribution < -0.4 is 5.32 Å². The fraction of sp³-hybridized carbons (Fsp3) is 0.615. The van der Waals surface area contributed by atoms with E-state index in [-0.39, 0.29) is 11.9 Å². The predicted octanol–water partition coefficient (Wildman–Crippen LogP) is 1.41. The lowest BCUT2D eigenvalue weighted by molar-refractivity contribution is 0.0627. The van der Waals surface area contributed by atoms with Crippen LogP contribution in [0.5, 0.6) is 0 Å². The fourth-order valence-corrected chi connectivity index (χ4v) is 1.52. The Kier molecular flexibility index (Phi) is 6.21. The van der Waals surface area contributed by atoms with Crippen LogP contribution >= 0.6 is 0 Å². The fourth-order valence-electron chi connectivity index (χ4n) is 1.52. The van der Waals surface area contributed by atoms with Crippen molar-refractivity contribution in [2.24, 2.45) is 0 Å². The lowest BCUT2D eigenvalue weighted by atomic mass is 10.3. The summed E-state index contributed by atoms with van der Waals surface area (Å²) < 4.78 is 5.03. The van der Waals surface area contributed by atoms with Crippen molar-refractivity contribution in [1.29, 1.82) is 0 Å². The van der Waals surface area contributed by atoms with E-state index in [2.05, 4.69) is 22.2 Å². The van der Waals surface area contributed by atoms with Crippen molar-refractivity contribution in [2.75, 3.05) is 32.6 Å². The molecule has 0 bridgehead atoms. The largest absolute Gasteiger partial charge is 0.383 e. The summed E-state index contributed by atoms with van der Waals surface area (Å²) in [5, 5.41) is 3.11. The summed E-state index contributed by atoms with van der Waals surface area (Å²) in [7, 11) is 3.35. The summed E-state index contributed by atoms with van der Waals surface area (Å²) in [5.74, 6) is 0.532. The van der Waals surface area contributed by atoms with Crippen LogP contribution in [0.3, 0.4) is 0 Å². The number of nitrogens with zero attached hydrogens (tertiary/aromatic N) is 3. The topological polar surface area (TPSA) is 67.4 Å². The Balaban J connectivity index is 2.66. The van der Waals surface area contributed by atoms with E-state index in [1.54, 1.807) is 25.3 Å². The molecule has 0 saturated heterocycles. The van der Waals surface area contributed by atoms with Crippen molar-refractivity contribution in [3.05, 3.63) is 18.1 Å². The second kappa shape index (κ2) is 7.68. The number of anilines is 1. The Labute approximate surface area is 114 Å². The van der Waals surface area contributed by atoms with Crippen LogP contribution in [0.1, 0.15) is 30.8 Å². The van der Waals surface area contributed by atoms with E-state index in [4.69, 9.17) is 4.74 Å². The van der Waals surface area contributed by atoms with Gasteiger partial charge in [-0.05, 0) is 13.3 Å². The number of hydrogen-bond donors (Lipinski definition) is 1. The highest BCUT2D eigenvalue weighted by Crippen LogP contribution is 2.06. The first-order valence-corrected chi connectivity index (χ1v) is 6.42. The lowest BCUT2D eigenvalue weighted by Crippen LogP contribution is -2.38. The molecule has 0 aromatic carbocycles. The van der Waals surface area contributed by atoms with Gasteiger partial charge in [0.1, 0.15) is 11.5 Å². The van der Waals surface area contributed by atoms with Gasteiger partial charge in [0.25, 0.3) is 5.91 Å². The molecule has 6 heteroatoms. The molecule has 1 rings (SSSR count). The van der Waals surface area contributed by atoms with Crippen molar-refractivity contribution in [3.8, 4) is 0 Å². The molecular formula is C13H22N4O2. The number of ether oxygens (including phenoxy) is 1. The van der Waals surface area contributed by atoms with Crippen molar-refractivity contribution in [3.63, 3.8) is 0 Å². The number of amides is 1. The van der Waals surface area contributed by atoms with E-state index in [1.807, 2.05) is 6.92 Å². The molecule has 19 heavy (non-hydrogen) atoms. The summed E-state index contributed by atoms with van der Waals surface area (Å²) in [5.41, 5.74) is 0.340. The predicted molar refractivity (Wildman–Crippen MR) is 74.2 cm³/mol. The first-order valence-electron chi connectivity index (χ1n) is 6.42. The number of methoxy groups -OCH3 is 1. The van der Waals surface area contributed by atoms with E-state index in [9.17, 15) is 4.79 Å². The second-order valence-electron chi connectivity index (χ2n) is 4.43.